The van der Waals surface area contributed by atoms with Crippen LogP contribution >= 0.6 is 0 Å². The summed E-state index contributed by atoms with van der Waals surface area (Å²) in [5.41, 5.74) is 9.63. The van der Waals surface area contributed by atoms with Crippen LogP contribution in [0.25, 0.3) is 10.9 Å². The minimum atomic E-state index is -0.548. The minimum Gasteiger partial charge on any atom is -0.494 e. The number of amides is 2. The Balaban J connectivity index is 1.78. The van der Waals surface area contributed by atoms with Gasteiger partial charge < -0.3 is 25.6 Å². The molecule has 0 unspecified atom stereocenters. The Hall–Kier alpha value is -4.43. The third kappa shape index (κ3) is 5.07. The van der Waals surface area contributed by atoms with Crippen molar-refractivity contribution in [3.63, 3.8) is 0 Å². The lowest BCUT2D eigenvalue weighted by Crippen LogP contribution is -2.34. The SMILES string of the molecule is CN(C)CC(=O)N(C)c1ccc(N=C(c2ccccc2)c2c(O)[nH]c3cc(C(N)=O)ccc23)cc1. The first-order valence-corrected chi connectivity index (χ1v) is 11.0. The van der Waals surface area contributed by atoms with Crippen LogP contribution in [0.4, 0.5) is 11.4 Å². The van der Waals surface area contributed by atoms with E-state index in [9.17, 15) is 14.7 Å². The summed E-state index contributed by atoms with van der Waals surface area (Å²) in [7, 11) is 5.44. The number of carbonyl (C=O) groups is 2. The van der Waals surface area contributed by atoms with E-state index in [0.717, 1.165) is 11.3 Å². The van der Waals surface area contributed by atoms with E-state index in [1.807, 2.05) is 73.6 Å². The van der Waals surface area contributed by atoms with Crippen LogP contribution in [0.3, 0.4) is 0 Å². The second kappa shape index (κ2) is 9.82. The topological polar surface area (TPSA) is 115 Å². The second-order valence-electron chi connectivity index (χ2n) is 8.51. The van der Waals surface area contributed by atoms with E-state index >= 15 is 0 Å². The molecule has 178 valence electrons. The summed E-state index contributed by atoms with van der Waals surface area (Å²) >= 11 is 0. The smallest absolute Gasteiger partial charge is 0.248 e. The predicted octanol–water partition coefficient (Wildman–Crippen LogP) is 3.67. The highest BCUT2D eigenvalue weighted by atomic mass is 16.3. The average Bonchev–Trinajstić information content (AvgIpc) is 3.17. The van der Waals surface area contributed by atoms with Crippen molar-refractivity contribution in [2.24, 2.45) is 10.7 Å². The number of aromatic hydroxyl groups is 1. The molecule has 0 aliphatic carbocycles. The largest absolute Gasteiger partial charge is 0.494 e. The third-order valence-electron chi connectivity index (χ3n) is 5.65. The zero-order chi connectivity index (χ0) is 25.1. The van der Waals surface area contributed by atoms with E-state index in [1.165, 1.54) is 0 Å². The van der Waals surface area contributed by atoms with Gasteiger partial charge in [0.2, 0.25) is 11.8 Å². The molecular formula is C27H27N5O3. The summed E-state index contributed by atoms with van der Waals surface area (Å²) in [4.78, 5) is 35.2. The number of nitrogens with zero attached hydrogens (tertiary/aromatic N) is 3. The van der Waals surface area contributed by atoms with Crippen molar-refractivity contribution in [2.75, 3.05) is 32.6 Å². The molecule has 0 atom stereocenters. The third-order valence-corrected chi connectivity index (χ3v) is 5.65. The number of nitrogens with one attached hydrogen (secondary N) is 1. The van der Waals surface area contributed by atoms with Crippen LogP contribution in [0.5, 0.6) is 5.88 Å². The Labute approximate surface area is 203 Å². The molecule has 0 bridgehead atoms. The lowest BCUT2D eigenvalue weighted by Gasteiger charge is -2.19. The summed E-state index contributed by atoms with van der Waals surface area (Å²) in [6.45, 7) is 0.311. The maximum atomic E-state index is 12.4. The highest BCUT2D eigenvalue weighted by molar-refractivity contribution is 6.22. The Morgan fingerprint density at radius 3 is 2.26 bits per heavy atom. The van der Waals surface area contributed by atoms with E-state index in [-0.39, 0.29) is 11.8 Å². The van der Waals surface area contributed by atoms with Gasteiger partial charge in [0.05, 0.1) is 23.5 Å². The fraction of sp³-hybridized carbons (Fsp3) is 0.148. The second-order valence-corrected chi connectivity index (χ2v) is 8.51. The molecule has 0 saturated heterocycles. The Morgan fingerprint density at radius 1 is 0.943 bits per heavy atom. The number of aromatic amines is 1. The van der Waals surface area contributed by atoms with Crippen LogP contribution in [-0.2, 0) is 4.79 Å². The number of anilines is 1. The average molecular weight is 470 g/mol. The van der Waals surface area contributed by atoms with Crippen molar-refractivity contribution in [1.82, 2.24) is 9.88 Å². The van der Waals surface area contributed by atoms with Gasteiger partial charge in [-0.1, -0.05) is 36.4 Å². The predicted molar refractivity (Wildman–Crippen MR) is 139 cm³/mol. The maximum Gasteiger partial charge on any atom is 0.248 e. The molecule has 2 amide bonds. The molecule has 0 aliphatic rings. The van der Waals surface area contributed by atoms with Crippen molar-refractivity contribution < 1.29 is 14.7 Å². The van der Waals surface area contributed by atoms with Crippen molar-refractivity contribution >= 4 is 39.8 Å². The molecule has 1 aromatic heterocycles. The van der Waals surface area contributed by atoms with Gasteiger partial charge in [-0.05, 0) is 50.5 Å². The molecular weight excluding hydrogens is 442 g/mol. The van der Waals surface area contributed by atoms with Gasteiger partial charge in [-0.15, -0.1) is 0 Å². The number of H-pyrrole nitrogens is 1. The van der Waals surface area contributed by atoms with E-state index in [4.69, 9.17) is 10.7 Å². The van der Waals surface area contributed by atoms with Gasteiger partial charge in [0.15, 0.2) is 5.88 Å². The lowest BCUT2D eigenvalue weighted by atomic mass is 10.00. The monoisotopic (exact) mass is 469 g/mol. The molecule has 8 nitrogen and oxygen atoms in total. The van der Waals surface area contributed by atoms with E-state index in [1.54, 1.807) is 30.1 Å². The van der Waals surface area contributed by atoms with Crippen molar-refractivity contribution in [3.8, 4) is 5.88 Å². The molecule has 8 heteroatoms. The van der Waals surface area contributed by atoms with E-state index < -0.39 is 5.91 Å². The van der Waals surface area contributed by atoms with Crippen LogP contribution in [0.1, 0.15) is 21.5 Å². The zero-order valence-corrected chi connectivity index (χ0v) is 19.8. The number of benzene rings is 3. The molecule has 4 aromatic rings. The van der Waals surface area contributed by atoms with Gasteiger partial charge in [-0.25, -0.2) is 4.99 Å². The van der Waals surface area contributed by atoms with E-state index in [0.29, 0.717) is 40.0 Å². The quantitative estimate of drug-likeness (QED) is 0.358. The first-order chi connectivity index (χ1) is 16.7. The molecule has 1 heterocycles. The summed E-state index contributed by atoms with van der Waals surface area (Å²) in [5, 5.41) is 11.5. The number of nitrogens with two attached hydrogens (primary N) is 1. The first-order valence-electron chi connectivity index (χ1n) is 11.0. The van der Waals surface area contributed by atoms with E-state index in [2.05, 4.69) is 4.98 Å². The molecule has 0 aliphatic heterocycles. The fourth-order valence-corrected chi connectivity index (χ4v) is 3.84. The van der Waals surface area contributed by atoms with Crippen LogP contribution in [0.2, 0.25) is 0 Å². The highest BCUT2D eigenvalue weighted by Gasteiger charge is 2.19. The van der Waals surface area contributed by atoms with Gasteiger partial charge in [0.25, 0.3) is 0 Å². The Kier molecular flexibility index (Phi) is 6.66. The molecule has 0 fully saturated rings. The molecule has 0 spiro atoms. The Bertz CT molecular complexity index is 1410. The summed E-state index contributed by atoms with van der Waals surface area (Å²) in [5.74, 6) is -0.626. The van der Waals surface area contributed by atoms with Crippen LogP contribution in [-0.4, -0.2) is 60.2 Å². The van der Waals surface area contributed by atoms with Crippen molar-refractivity contribution in [2.45, 2.75) is 0 Å². The number of hydrogen-bond donors (Lipinski definition) is 3. The number of hydrogen-bond acceptors (Lipinski definition) is 5. The summed E-state index contributed by atoms with van der Waals surface area (Å²) < 4.78 is 0. The number of carbonyl (C=O) groups excluding carboxylic acids is 2. The van der Waals surface area contributed by atoms with Crippen molar-refractivity contribution in [1.29, 1.82) is 0 Å². The van der Waals surface area contributed by atoms with Crippen LogP contribution in [0, 0.1) is 0 Å². The first kappa shape index (κ1) is 23.7. The number of likely N-dealkylation sites (N-methyl/N-ethyl adjacent to an activating group) is 2. The summed E-state index contributed by atoms with van der Waals surface area (Å²) in [6.07, 6.45) is 0. The summed E-state index contributed by atoms with van der Waals surface area (Å²) in [6, 6.07) is 21.8. The maximum absolute atomic E-state index is 12.4. The van der Waals surface area contributed by atoms with Gasteiger partial charge in [-0.2, -0.15) is 0 Å². The number of aliphatic imine (C=N–C) groups is 1. The molecule has 0 saturated carbocycles. The number of fused-ring (bicyclic) bond motifs is 1. The van der Waals surface area contributed by atoms with Gasteiger partial charge in [0.1, 0.15) is 0 Å². The molecule has 4 N–H and O–H groups in total. The highest BCUT2D eigenvalue weighted by Crippen LogP contribution is 2.32. The Morgan fingerprint density at radius 2 is 1.63 bits per heavy atom. The number of primary amides is 1. The molecule has 35 heavy (non-hydrogen) atoms. The standard InChI is InChI=1S/C27H27N5O3/c1-31(2)16-23(33)32(3)20-12-10-19(11-13-20)29-25(17-7-5-4-6-8-17)24-21-14-9-18(26(28)34)15-22(21)30-27(24)35/h4-15,30,35H,16H2,1-3H3,(H2,28,34). The lowest BCUT2D eigenvalue weighted by molar-refractivity contribution is -0.118. The van der Waals surface area contributed by atoms with Crippen LogP contribution in [0.15, 0.2) is 77.8 Å². The molecule has 3 aromatic carbocycles. The van der Waals surface area contributed by atoms with Crippen LogP contribution < -0.4 is 10.6 Å². The molecule has 4 rings (SSSR count). The normalized spacial score (nSPS) is 11.7. The molecule has 0 radical (unpaired) electrons. The number of aromatic nitrogens is 1. The van der Waals surface area contributed by atoms with Crippen molar-refractivity contribution in [3.05, 3.63) is 89.5 Å². The number of rotatable bonds is 7. The zero-order valence-electron chi connectivity index (χ0n) is 19.8. The van der Waals surface area contributed by atoms with Gasteiger partial charge in [-0.3, -0.25) is 9.59 Å². The minimum absolute atomic E-state index is 0.0183. The van der Waals surface area contributed by atoms with Gasteiger partial charge >= 0.3 is 0 Å². The van der Waals surface area contributed by atoms with Gasteiger partial charge in [0, 0.05) is 34.8 Å². The fourth-order valence-electron chi connectivity index (χ4n) is 3.84.